The molecule has 2 atom stereocenters. The first kappa shape index (κ1) is 9.52. The molecule has 14 heavy (non-hydrogen) atoms. The minimum atomic E-state index is -0.400. The van der Waals surface area contributed by atoms with Crippen molar-refractivity contribution in [1.29, 1.82) is 0 Å². The van der Waals surface area contributed by atoms with Crippen LogP contribution in [0.4, 0.5) is 0 Å². The lowest BCUT2D eigenvalue weighted by atomic mass is 10.2. The smallest absolute Gasteiger partial charge is 0.243 e. The van der Waals surface area contributed by atoms with E-state index in [0.29, 0.717) is 19.0 Å². The molecule has 4 heteroatoms. The Kier molecular flexibility index (Phi) is 2.46. The Morgan fingerprint density at radius 3 is 2.86 bits per heavy atom. The molecule has 1 saturated carbocycles. The molecule has 2 fully saturated rings. The molecule has 0 bridgehead atoms. The van der Waals surface area contributed by atoms with Crippen LogP contribution in [0, 0.1) is 0 Å². The summed E-state index contributed by atoms with van der Waals surface area (Å²) in [4.78, 5) is 13.5. The fraction of sp³-hybridized carbons (Fsp3) is 0.700. The number of amides is 1. The van der Waals surface area contributed by atoms with Gasteiger partial charge in [-0.1, -0.05) is 6.58 Å². The lowest BCUT2D eigenvalue weighted by molar-refractivity contribution is -0.124. The molecule has 78 valence electrons. The third-order valence-corrected chi connectivity index (χ3v) is 2.78. The van der Waals surface area contributed by atoms with Gasteiger partial charge in [-0.05, 0) is 19.0 Å². The molecular weight excluding hydrogens is 180 g/mol. The molecule has 1 aliphatic carbocycles. The Hall–Kier alpha value is -1.03. The fourth-order valence-corrected chi connectivity index (χ4v) is 1.82. The normalized spacial score (nSPS) is 31.6. The molecule has 0 aromatic rings. The molecule has 0 aromatic carbocycles. The largest absolute Gasteiger partial charge is 0.391 e. The zero-order valence-corrected chi connectivity index (χ0v) is 8.15. The van der Waals surface area contributed by atoms with E-state index < -0.39 is 6.10 Å². The van der Waals surface area contributed by atoms with Crippen LogP contribution in [0.15, 0.2) is 12.8 Å². The quantitative estimate of drug-likeness (QED) is 0.659. The number of rotatable bonds is 3. The maximum Gasteiger partial charge on any atom is 0.243 e. The highest BCUT2D eigenvalue weighted by molar-refractivity contribution is 5.82. The van der Waals surface area contributed by atoms with Gasteiger partial charge in [0, 0.05) is 19.0 Å². The average Bonchev–Trinajstić information content (AvgIpc) is 2.87. The molecule has 2 N–H and O–H groups in total. The van der Waals surface area contributed by atoms with Crippen LogP contribution in [0.25, 0.3) is 0 Å². The highest BCUT2D eigenvalue weighted by Gasteiger charge is 2.36. The molecular formula is C10H16N2O2. The number of β-amino-alcohol motifs (C(OH)–C–C–N with tert-alkyl or cyclic N) is 1. The zero-order chi connectivity index (χ0) is 10.1. The number of aliphatic hydroxyl groups is 1. The first-order valence-corrected chi connectivity index (χ1v) is 5.07. The standard InChI is InChI=1S/C10H16N2O2/c1-2-12-6-8(13)5-9(12)10(14)11-7-3-4-7/h2,7-9,13H,1,3-6H2,(H,11,14)/t8-,9-/m0/s1. The monoisotopic (exact) mass is 196 g/mol. The van der Waals surface area contributed by atoms with Crippen molar-refractivity contribution >= 4 is 5.91 Å². The molecule has 1 heterocycles. The van der Waals surface area contributed by atoms with Gasteiger partial charge in [0.15, 0.2) is 0 Å². The first-order valence-electron chi connectivity index (χ1n) is 5.07. The second-order valence-corrected chi connectivity index (χ2v) is 4.07. The molecule has 0 aromatic heterocycles. The Balaban J connectivity index is 1.93. The molecule has 4 nitrogen and oxygen atoms in total. The average molecular weight is 196 g/mol. The molecule has 2 rings (SSSR count). The van der Waals surface area contributed by atoms with Gasteiger partial charge in [-0.3, -0.25) is 4.79 Å². The van der Waals surface area contributed by atoms with Gasteiger partial charge in [-0.25, -0.2) is 0 Å². The minimum absolute atomic E-state index is 0.0314. The lowest BCUT2D eigenvalue weighted by Gasteiger charge is -2.20. The van der Waals surface area contributed by atoms with Crippen molar-refractivity contribution in [2.75, 3.05) is 6.54 Å². The highest BCUT2D eigenvalue weighted by Crippen LogP contribution is 2.22. The Labute approximate surface area is 83.6 Å². The van der Waals surface area contributed by atoms with Crippen molar-refractivity contribution in [3.63, 3.8) is 0 Å². The molecule has 1 amide bonds. The molecule has 0 unspecified atom stereocenters. The van der Waals surface area contributed by atoms with Crippen LogP contribution in [0.1, 0.15) is 19.3 Å². The summed E-state index contributed by atoms with van der Waals surface area (Å²) in [6.07, 6.45) is 3.94. The van der Waals surface area contributed by atoms with Gasteiger partial charge in [-0.15, -0.1) is 0 Å². The summed E-state index contributed by atoms with van der Waals surface area (Å²) >= 11 is 0. The van der Waals surface area contributed by atoms with Crippen LogP contribution in [0.5, 0.6) is 0 Å². The maximum atomic E-state index is 11.7. The third kappa shape index (κ3) is 1.90. The van der Waals surface area contributed by atoms with E-state index in [9.17, 15) is 9.90 Å². The number of hydrogen-bond donors (Lipinski definition) is 2. The fourth-order valence-electron chi connectivity index (χ4n) is 1.82. The summed E-state index contributed by atoms with van der Waals surface area (Å²) in [6, 6.07) is 0.162. The topological polar surface area (TPSA) is 52.6 Å². The minimum Gasteiger partial charge on any atom is -0.391 e. The van der Waals surface area contributed by atoms with Crippen molar-refractivity contribution in [2.45, 2.75) is 37.5 Å². The van der Waals surface area contributed by atoms with Gasteiger partial charge >= 0.3 is 0 Å². The van der Waals surface area contributed by atoms with E-state index in [-0.39, 0.29) is 11.9 Å². The van der Waals surface area contributed by atoms with E-state index in [0.717, 1.165) is 12.8 Å². The number of aliphatic hydroxyl groups excluding tert-OH is 1. The van der Waals surface area contributed by atoms with Gasteiger partial charge in [-0.2, -0.15) is 0 Å². The maximum absolute atomic E-state index is 11.7. The van der Waals surface area contributed by atoms with E-state index in [4.69, 9.17) is 0 Å². The number of carbonyl (C=O) groups is 1. The summed E-state index contributed by atoms with van der Waals surface area (Å²) < 4.78 is 0. The molecule has 0 radical (unpaired) electrons. The van der Waals surface area contributed by atoms with Crippen LogP contribution >= 0.6 is 0 Å². The molecule has 1 aliphatic heterocycles. The van der Waals surface area contributed by atoms with Gasteiger partial charge in [0.05, 0.1) is 6.10 Å². The van der Waals surface area contributed by atoms with Gasteiger partial charge in [0.1, 0.15) is 6.04 Å². The van der Waals surface area contributed by atoms with Gasteiger partial charge in [0.2, 0.25) is 5.91 Å². The van der Waals surface area contributed by atoms with Crippen LogP contribution < -0.4 is 5.32 Å². The second kappa shape index (κ2) is 3.61. The number of likely N-dealkylation sites (tertiary alicyclic amines) is 1. The number of carbonyl (C=O) groups excluding carboxylic acids is 1. The van der Waals surface area contributed by atoms with E-state index in [1.165, 1.54) is 0 Å². The van der Waals surface area contributed by atoms with Crippen LogP contribution in [0.2, 0.25) is 0 Å². The summed E-state index contributed by atoms with van der Waals surface area (Å²) in [7, 11) is 0. The van der Waals surface area contributed by atoms with Crippen LogP contribution in [-0.4, -0.2) is 40.6 Å². The molecule has 0 spiro atoms. The van der Waals surface area contributed by atoms with Crippen molar-refractivity contribution in [3.05, 3.63) is 12.8 Å². The number of hydrogen-bond acceptors (Lipinski definition) is 3. The zero-order valence-electron chi connectivity index (χ0n) is 8.15. The summed E-state index contributed by atoms with van der Waals surface area (Å²) in [6.45, 7) is 4.16. The second-order valence-electron chi connectivity index (χ2n) is 4.07. The van der Waals surface area contributed by atoms with Crippen LogP contribution in [-0.2, 0) is 4.79 Å². The highest BCUT2D eigenvalue weighted by atomic mass is 16.3. The Bertz CT molecular complexity index is 251. The van der Waals surface area contributed by atoms with Crippen molar-refractivity contribution in [2.24, 2.45) is 0 Å². The SMILES string of the molecule is C=CN1C[C@@H](O)C[C@H]1C(=O)NC1CC1. The van der Waals surface area contributed by atoms with Crippen molar-refractivity contribution in [3.8, 4) is 0 Å². The van der Waals surface area contributed by atoms with E-state index in [1.807, 2.05) is 4.90 Å². The summed E-state index contributed by atoms with van der Waals surface area (Å²) in [5, 5.41) is 12.4. The number of nitrogens with one attached hydrogen (secondary N) is 1. The van der Waals surface area contributed by atoms with E-state index in [1.54, 1.807) is 6.20 Å². The Morgan fingerprint density at radius 1 is 1.57 bits per heavy atom. The summed E-state index contributed by atoms with van der Waals surface area (Å²) in [5.74, 6) is 0.0314. The van der Waals surface area contributed by atoms with E-state index >= 15 is 0 Å². The van der Waals surface area contributed by atoms with Crippen molar-refractivity contribution in [1.82, 2.24) is 10.2 Å². The predicted octanol–water partition coefficient (Wildman–Crippen LogP) is -0.156. The predicted molar refractivity (Wildman–Crippen MR) is 52.5 cm³/mol. The molecule has 1 saturated heterocycles. The molecule has 2 aliphatic rings. The Morgan fingerprint density at radius 2 is 2.29 bits per heavy atom. The van der Waals surface area contributed by atoms with Crippen molar-refractivity contribution < 1.29 is 9.90 Å². The third-order valence-electron chi connectivity index (χ3n) is 2.78. The number of nitrogens with zero attached hydrogens (tertiary/aromatic N) is 1. The van der Waals surface area contributed by atoms with Gasteiger partial charge < -0.3 is 15.3 Å². The summed E-state index contributed by atoms with van der Waals surface area (Å²) in [5.41, 5.74) is 0. The lowest BCUT2D eigenvalue weighted by Crippen LogP contribution is -2.41. The van der Waals surface area contributed by atoms with Gasteiger partial charge in [0.25, 0.3) is 0 Å². The van der Waals surface area contributed by atoms with Crippen LogP contribution in [0.3, 0.4) is 0 Å². The first-order chi connectivity index (χ1) is 6.70. The van der Waals surface area contributed by atoms with E-state index in [2.05, 4.69) is 11.9 Å².